The van der Waals surface area contributed by atoms with Crippen LogP contribution < -0.4 is 5.32 Å². The molecule has 1 saturated heterocycles. The molecular formula is C21H25Cl2N3O2. The monoisotopic (exact) mass is 421 g/mol. The number of carbonyl (C=O) groups excluding carboxylic acids is 1. The minimum Gasteiger partial charge on any atom is -0.379 e. The highest BCUT2D eigenvalue weighted by atomic mass is 35.5. The van der Waals surface area contributed by atoms with Crippen LogP contribution in [0.1, 0.15) is 11.1 Å². The zero-order chi connectivity index (χ0) is 19.9. The van der Waals surface area contributed by atoms with Gasteiger partial charge in [0, 0.05) is 38.4 Å². The Hall–Kier alpha value is -1.79. The van der Waals surface area contributed by atoms with E-state index in [4.69, 9.17) is 27.9 Å². The average Bonchev–Trinajstić information content (AvgIpc) is 2.70. The van der Waals surface area contributed by atoms with E-state index in [1.807, 2.05) is 48.2 Å². The minimum atomic E-state index is -0.131. The molecule has 28 heavy (non-hydrogen) atoms. The van der Waals surface area contributed by atoms with Gasteiger partial charge in [-0.15, -0.1) is 0 Å². The van der Waals surface area contributed by atoms with Gasteiger partial charge in [0.2, 0.25) is 0 Å². The molecule has 2 aromatic rings. The fraction of sp³-hybridized carbons (Fsp3) is 0.381. The Morgan fingerprint density at radius 2 is 1.89 bits per heavy atom. The lowest BCUT2D eigenvalue weighted by Crippen LogP contribution is -2.44. The summed E-state index contributed by atoms with van der Waals surface area (Å²) in [5.41, 5.74) is 2.79. The molecular weight excluding hydrogens is 397 g/mol. The van der Waals surface area contributed by atoms with E-state index in [2.05, 4.69) is 10.2 Å². The molecule has 1 fully saturated rings. The molecule has 0 bridgehead atoms. The van der Waals surface area contributed by atoms with E-state index in [-0.39, 0.29) is 6.03 Å². The van der Waals surface area contributed by atoms with Gasteiger partial charge in [-0.3, -0.25) is 4.90 Å². The van der Waals surface area contributed by atoms with Crippen LogP contribution in [0.25, 0.3) is 0 Å². The molecule has 0 radical (unpaired) electrons. The predicted molar refractivity (Wildman–Crippen MR) is 114 cm³/mol. The molecule has 0 spiro atoms. The Morgan fingerprint density at radius 1 is 1.14 bits per heavy atom. The Labute approximate surface area is 176 Å². The fourth-order valence-electron chi connectivity index (χ4n) is 3.11. The zero-order valence-electron chi connectivity index (χ0n) is 16.0. The summed E-state index contributed by atoms with van der Waals surface area (Å²) < 4.78 is 5.40. The van der Waals surface area contributed by atoms with E-state index in [1.165, 1.54) is 0 Å². The molecule has 2 aromatic carbocycles. The number of carbonyl (C=O) groups is 1. The van der Waals surface area contributed by atoms with Crippen LogP contribution in [0.5, 0.6) is 0 Å². The van der Waals surface area contributed by atoms with Crippen molar-refractivity contribution in [2.45, 2.75) is 13.5 Å². The van der Waals surface area contributed by atoms with Crippen LogP contribution in [0, 0.1) is 6.92 Å². The number of nitrogens with one attached hydrogen (secondary N) is 1. The highest BCUT2D eigenvalue weighted by Crippen LogP contribution is 2.23. The molecule has 3 rings (SSSR count). The summed E-state index contributed by atoms with van der Waals surface area (Å²) in [6.07, 6.45) is 0. The van der Waals surface area contributed by atoms with Crippen molar-refractivity contribution < 1.29 is 9.53 Å². The third-order valence-electron chi connectivity index (χ3n) is 4.82. The number of urea groups is 1. The summed E-state index contributed by atoms with van der Waals surface area (Å²) in [5, 5.41) is 4.03. The number of aryl methyl sites for hydroxylation is 1. The number of anilines is 1. The van der Waals surface area contributed by atoms with E-state index in [1.54, 1.807) is 6.07 Å². The quantitative estimate of drug-likeness (QED) is 0.736. The van der Waals surface area contributed by atoms with Gasteiger partial charge in [-0.2, -0.15) is 0 Å². The highest BCUT2D eigenvalue weighted by molar-refractivity contribution is 6.42. The van der Waals surface area contributed by atoms with E-state index >= 15 is 0 Å². The van der Waals surface area contributed by atoms with Gasteiger partial charge in [0.15, 0.2) is 0 Å². The summed E-state index contributed by atoms with van der Waals surface area (Å²) >= 11 is 12.2. The number of amides is 2. The van der Waals surface area contributed by atoms with E-state index < -0.39 is 0 Å². The molecule has 0 saturated carbocycles. The predicted octanol–water partition coefficient (Wildman–Crippen LogP) is 4.67. The van der Waals surface area contributed by atoms with Gasteiger partial charge in [-0.25, -0.2) is 4.79 Å². The second-order valence-corrected chi connectivity index (χ2v) is 7.68. The van der Waals surface area contributed by atoms with Crippen molar-refractivity contribution in [1.82, 2.24) is 9.80 Å². The maximum atomic E-state index is 13.0. The van der Waals surface area contributed by atoms with Crippen LogP contribution in [0.15, 0.2) is 42.5 Å². The first-order valence-corrected chi connectivity index (χ1v) is 10.1. The number of nitrogens with zero attached hydrogens (tertiary/aromatic N) is 2. The molecule has 1 heterocycles. The van der Waals surface area contributed by atoms with Gasteiger partial charge in [0.25, 0.3) is 0 Å². The summed E-state index contributed by atoms with van der Waals surface area (Å²) in [5.74, 6) is 0. The number of rotatable bonds is 6. The molecule has 5 nitrogen and oxygen atoms in total. The van der Waals surface area contributed by atoms with Crippen molar-refractivity contribution in [3.8, 4) is 0 Å². The van der Waals surface area contributed by atoms with Crippen LogP contribution in [0.3, 0.4) is 0 Å². The average molecular weight is 422 g/mol. The first kappa shape index (κ1) is 20.9. The van der Waals surface area contributed by atoms with Crippen molar-refractivity contribution in [3.63, 3.8) is 0 Å². The Morgan fingerprint density at radius 3 is 2.61 bits per heavy atom. The summed E-state index contributed by atoms with van der Waals surface area (Å²) in [7, 11) is 0. The molecule has 1 aliphatic heterocycles. The summed E-state index contributed by atoms with van der Waals surface area (Å²) in [4.78, 5) is 17.1. The maximum absolute atomic E-state index is 13.0. The van der Waals surface area contributed by atoms with Crippen LogP contribution in [-0.2, 0) is 11.3 Å². The van der Waals surface area contributed by atoms with Crippen LogP contribution in [-0.4, -0.2) is 55.2 Å². The number of para-hydroxylation sites is 1. The smallest absolute Gasteiger partial charge is 0.322 e. The third-order valence-corrected chi connectivity index (χ3v) is 5.56. The molecule has 1 N–H and O–H groups in total. The first-order chi connectivity index (χ1) is 13.5. The van der Waals surface area contributed by atoms with Crippen LogP contribution >= 0.6 is 23.2 Å². The normalized spacial score (nSPS) is 14.7. The van der Waals surface area contributed by atoms with Crippen LogP contribution in [0.4, 0.5) is 10.5 Å². The molecule has 0 aliphatic carbocycles. The van der Waals surface area contributed by atoms with Gasteiger partial charge in [-0.05, 0) is 36.2 Å². The fourth-order valence-corrected chi connectivity index (χ4v) is 3.43. The number of morpholine rings is 1. The second-order valence-electron chi connectivity index (χ2n) is 6.87. The third kappa shape index (κ3) is 5.85. The molecule has 1 aliphatic rings. The van der Waals surface area contributed by atoms with Gasteiger partial charge in [0.1, 0.15) is 0 Å². The summed E-state index contributed by atoms with van der Waals surface area (Å²) in [6, 6.07) is 13.1. The Balaban J connectivity index is 1.71. The second kappa shape index (κ2) is 10.1. The first-order valence-electron chi connectivity index (χ1n) is 9.38. The van der Waals surface area contributed by atoms with Crippen LogP contribution in [0.2, 0.25) is 10.0 Å². The van der Waals surface area contributed by atoms with Crippen molar-refractivity contribution in [2.75, 3.05) is 44.7 Å². The summed E-state index contributed by atoms with van der Waals surface area (Å²) in [6.45, 7) is 7.10. The van der Waals surface area contributed by atoms with Gasteiger partial charge in [0.05, 0.1) is 23.3 Å². The number of hydrogen-bond donors (Lipinski definition) is 1. The largest absolute Gasteiger partial charge is 0.379 e. The topological polar surface area (TPSA) is 44.8 Å². The lowest BCUT2D eigenvalue weighted by Gasteiger charge is -2.30. The molecule has 0 atom stereocenters. The lowest BCUT2D eigenvalue weighted by atomic mass is 10.2. The Kier molecular flexibility index (Phi) is 7.57. The molecule has 0 unspecified atom stereocenters. The van der Waals surface area contributed by atoms with Crippen molar-refractivity contribution >= 4 is 34.9 Å². The lowest BCUT2D eigenvalue weighted by molar-refractivity contribution is 0.0349. The zero-order valence-corrected chi connectivity index (χ0v) is 17.5. The maximum Gasteiger partial charge on any atom is 0.322 e. The van der Waals surface area contributed by atoms with Crippen molar-refractivity contribution in [1.29, 1.82) is 0 Å². The minimum absolute atomic E-state index is 0.131. The van der Waals surface area contributed by atoms with Gasteiger partial charge >= 0.3 is 6.03 Å². The van der Waals surface area contributed by atoms with Gasteiger partial charge in [-0.1, -0.05) is 47.5 Å². The number of benzene rings is 2. The van der Waals surface area contributed by atoms with E-state index in [9.17, 15) is 4.79 Å². The van der Waals surface area contributed by atoms with E-state index in [0.29, 0.717) is 23.1 Å². The standard InChI is InChI=1S/C21H25Cl2N3O2/c1-16-4-2-3-5-20(16)24-21(27)26(9-8-25-10-12-28-13-11-25)15-17-6-7-18(22)19(23)14-17/h2-7,14H,8-13,15H2,1H3,(H,24,27). The van der Waals surface area contributed by atoms with Crippen molar-refractivity contribution in [3.05, 3.63) is 63.6 Å². The number of halogens is 2. The molecule has 7 heteroatoms. The van der Waals surface area contributed by atoms with Crippen molar-refractivity contribution in [2.24, 2.45) is 0 Å². The van der Waals surface area contributed by atoms with E-state index in [0.717, 1.165) is 49.7 Å². The highest BCUT2D eigenvalue weighted by Gasteiger charge is 2.18. The Bertz CT molecular complexity index is 810. The molecule has 0 aromatic heterocycles. The number of ether oxygens (including phenoxy) is 1. The molecule has 150 valence electrons. The molecule has 2 amide bonds. The number of hydrogen-bond acceptors (Lipinski definition) is 3. The van der Waals surface area contributed by atoms with Gasteiger partial charge < -0.3 is 15.0 Å². The SMILES string of the molecule is Cc1ccccc1NC(=O)N(CCN1CCOCC1)Cc1ccc(Cl)c(Cl)c1.